The zero-order chi connectivity index (χ0) is 11.5. The molecule has 0 aliphatic heterocycles. The molecule has 0 aliphatic carbocycles. The zero-order valence-corrected chi connectivity index (χ0v) is 8.85. The maximum absolute atomic E-state index is 12.9. The third-order valence-corrected chi connectivity index (χ3v) is 2.25. The molecule has 0 saturated carbocycles. The number of anilines is 1. The van der Waals surface area contributed by atoms with Gasteiger partial charge in [0.25, 0.3) is 0 Å². The third-order valence-electron chi connectivity index (χ3n) is 2.25. The maximum atomic E-state index is 12.9. The van der Waals surface area contributed by atoms with Crippen LogP contribution in [0.25, 0.3) is 0 Å². The van der Waals surface area contributed by atoms with Crippen molar-refractivity contribution in [3.05, 3.63) is 41.8 Å². The van der Waals surface area contributed by atoms with Crippen molar-refractivity contribution in [2.45, 2.75) is 6.54 Å². The molecule has 0 bridgehead atoms. The smallest absolute Gasteiger partial charge is 0.184 e. The SMILES string of the molecule is COc1ccc(Cn2cc(F)c(N)n2)cc1. The Balaban J connectivity index is 2.14. The number of methoxy groups -OCH3 is 1. The first-order valence-corrected chi connectivity index (χ1v) is 4.80. The Labute approximate surface area is 92.4 Å². The molecule has 16 heavy (non-hydrogen) atoms. The van der Waals surface area contributed by atoms with Gasteiger partial charge in [-0.05, 0) is 17.7 Å². The van der Waals surface area contributed by atoms with Gasteiger partial charge in [0.2, 0.25) is 0 Å². The number of nitrogen functional groups attached to an aromatic ring is 1. The van der Waals surface area contributed by atoms with Gasteiger partial charge >= 0.3 is 0 Å². The van der Waals surface area contributed by atoms with Gasteiger partial charge in [-0.15, -0.1) is 0 Å². The molecule has 2 N–H and O–H groups in total. The van der Waals surface area contributed by atoms with E-state index in [2.05, 4.69) is 5.10 Å². The van der Waals surface area contributed by atoms with Crippen LogP contribution in [0.5, 0.6) is 5.75 Å². The minimum absolute atomic E-state index is 0.0755. The molecule has 5 heteroatoms. The Morgan fingerprint density at radius 1 is 1.38 bits per heavy atom. The van der Waals surface area contributed by atoms with Gasteiger partial charge in [-0.1, -0.05) is 12.1 Å². The number of aromatic nitrogens is 2. The van der Waals surface area contributed by atoms with Crippen LogP contribution in [0.4, 0.5) is 10.2 Å². The molecule has 0 saturated heterocycles. The van der Waals surface area contributed by atoms with Crippen LogP contribution in [0.1, 0.15) is 5.56 Å². The van der Waals surface area contributed by atoms with Crippen molar-refractivity contribution in [2.24, 2.45) is 0 Å². The van der Waals surface area contributed by atoms with Crippen LogP contribution >= 0.6 is 0 Å². The van der Waals surface area contributed by atoms with Crippen molar-refractivity contribution in [1.82, 2.24) is 9.78 Å². The van der Waals surface area contributed by atoms with E-state index in [1.54, 1.807) is 7.11 Å². The summed E-state index contributed by atoms with van der Waals surface area (Å²) in [6.07, 6.45) is 1.28. The molecule has 2 aromatic rings. The molecule has 0 radical (unpaired) electrons. The standard InChI is InChI=1S/C11H12FN3O/c1-16-9-4-2-8(3-5-9)6-15-7-10(12)11(13)14-15/h2-5,7H,6H2,1H3,(H2,13,14). The van der Waals surface area contributed by atoms with E-state index in [4.69, 9.17) is 10.5 Å². The van der Waals surface area contributed by atoms with Gasteiger partial charge < -0.3 is 10.5 Å². The fraction of sp³-hybridized carbons (Fsp3) is 0.182. The van der Waals surface area contributed by atoms with Gasteiger partial charge in [0.1, 0.15) is 5.75 Å². The largest absolute Gasteiger partial charge is 0.497 e. The van der Waals surface area contributed by atoms with Crippen molar-refractivity contribution in [2.75, 3.05) is 12.8 Å². The van der Waals surface area contributed by atoms with Crippen LogP contribution in [0.15, 0.2) is 30.5 Å². The van der Waals surface area contributed by atoms with E-state index in [0.29, 0.717) is 6.54 Å². The van der Waals surface area contributed by atoms with Crippen LogP contribution < -0.4 is 10.5 Å². The first-order valence-electron chi connectivity index (χ1n) is 4.80. The molecular weight excluding hydrogens is 209 g/mol. The summed E-state index contributed by atoms with van der Waals surface area (Å²) in [4.78, 5) is 0. The summed E-state index contributed by atoms with van der Waals surface area (Å²) in [7, 11) is 1.61. The van der Waals surface area contributed by atoms with Gasteiger partial charge in [0.15, 0.2) is 11.6 Å². The minimum Gasteiger partial charge on any atom is -0.497 e. The lowest BCUT2D eigenvalue weighted by molar-refractivity contribution is 0.414. The summed E-state index contributed by atoms with van der Waals surface area (Å²) in [6.45, 7) is 0.484. The number of hydrogen-bond acceptors (Lipinski definition) is 3. The summed E-state index contributed by atoms with van der Waals surface area (Å²) >= 11 is 0. The monoisotopic (exact) mass is 221 g/mol. The Morgan fingerprint density at radius 3 is 2.56 bits per heavy atom. The fourth-order valence-corrected chi connectivity index (χ4v) is 1.41. The highest BCUT2D eigenvalue weighted by Gasteiger charge is 2.04. The third kappa shape index (κ3) is 2.13. The van der Waals surface area contributed by atoms with Gasteiger partial charge in [0.05, 0.1) is 19.9 Å². The van der Waals surface area contributed by atoms with Crippen molar-refractivity contribution in [3.8, 4) is 5.75 Å². The zero-order valence-electron chi connectivity index (χ0n) is 8.85. The molecule has 84 valence electrons. The van der Waals surface area contributed by atoms with Crippen LogP contribution in [-0.2, 0) is 6.54 Å². The van der Waals surface area contributed by atoms with Crippen molar-refractivity contribution in [1.29, 1.82) is 0 Å². The van der Waals surface area contributed by atoms with Gasteiger partial charge in [-0.3, -0.25) is 4.68 Å². The van der Waals surface area contributed by atoms with E-state index >= 15 is 0 Å². The average Bonchev–Trinajstić information content (AvgIpc) is 2.59. The molecule has 2 rings (SSSR count). The summed E-state index contributed by atoms with van der Waals surface area (Å²) in [5.41, 5.74) is 6.32. The average molecular weight is 221 g/mol. The van der Waals surface area contributed by atoms with E-state index in [-0.39, 0.29) is 5.82 Å². The van der Waals surface area contributed by atoms with E-state index in [1.165, 1.54) is 10.9 Å². The first-order chi connectivity index (χ1) is 7.69. The predicted molar refractivity (Wildman–Crippen MR) is 58.7 cm³/mol. The first kappa shape index (κ1) is 10.5. The number of nitrogens with two attached hydrogens (primary N) is 1. The van der Waals surface area contributed by atoms with E-state index in [1.807, 2.05) is 24.3 Å². The number of hydrogen-bond donors (Lipinski definition) is 1. The molecule has 1 aromatic heterocycles. The fourth-order valence-electron chi connectivity index (χ4n) is 1.41. The second-order valence-corrected chi connectivity index (χ2v) is 3.41. The lowest BCUT2D eigenvalue weighted by atomic mass is 10.2. The Hall–Kier alpha value is -2.04. The highest BCUT2D eigenvalue weighted by molar-refractivity contribution is 5.29. The normalized spacial score (nSPS) is 10.4. The van der Waals surface area contributed by atoms with E-state index in [0.717, 1.165) is 11.3 Å². The van der Waals surface area contributed by atoms with Crippen LogP contribution in [0, 0.1) is 5.82 Å². The molecule has 0 fully saturated rings. The highest BCUT2D eigenvalue weighted by Crippen LogP contribution is 2.13. The van der Waals surface area contributed by atoms with Gasteiger partial charge in [-0.2, -0.15) is 5.10 Å². The second-order valence-electron chi connectivity index (χ2n) is 3.41. The van der Waals surface area contributed by atoms with Crippen LogP contribution in [0.3, 0.4) is 0 Å². The number of halogens is 1. The number of rotatable bonds is 3. The molecule has 0 amide bonds. The minimum atomic E-state index is -0.492. The Morgan fingerprint density at radius 2 is 2.06 bits per heavy atom. The van der Waals surface area contributed by atoms with Gasteiger partial charge in [-0.25, -0.2) is 4.39 Å². The van der Waals surface area contributed by atoms with E-state index < -0.39 is 5.82 Å². The Kier molecular flexibility index (Phi) is 2.76. The van der Waals surface area contributed by atoms with E-state index in [9.17, 15) is 4.39 Å². The quantitative estimate of drug-likeness (QED) is 0.857. The Bertz CT molecular complexity index is 459. The topological polar surface area (TPSA) is 53.1 Å². The van der Waals surface area contributed by atoms with Gasteiger partial charge in [0, 0.05) is 0 Å². The molecule has 0 atom stereocenters. The van der Waals surface area contributed by atoms with Crippen molar-refractivity contribution >= 4 is 5.82 Å². The molecule has 0 aliphatic rings. The molecule has 1 heterocycles. The lowest BCUT2D eigenvalue weighted by Gasteiger charge is -2.03. The number of ether oxygens (including phenoxy) is 1. The van der Waals surface area contributed by atoms with Crippen molar-refractivity contribution in [3.63, 3.8) is 0 Å². The lowest BCUT2D eigenvalue weighted by Crippen LogP contribution is -2.00. The summed E-state index contributed by atoms with van der Waals surface area (Å²) in [5, 5.41) is 3.84. The predicted octanol–water partition coefficient (Wildman–Crippen LogP) is 1.66. The summed E-state index contributed by atoms with van der Waals surface area (Å²) in [5.74, 6) is 0.219. The summed E-state index contributed by atoms with van der Waals surface area (Å²) < 4.78 is 19.4. The summed E-state index contributed by atoms with van der Waals surface area (Å²) in [6, 6.07) is 7.49. The number of nitrogens with zero attached hydrogens (tertiary/aromatic N) is 2. The molecule has 4 nitrogen and oxygen atoms in total. The molecule has 0 spiro atoms. The molecule has 1 aromatic carbocycles. The van der Waals surface area contributed by atoms with Crippen LogP contribution in [-0.4, -0.2) is 16.9 Å². The molecule has 0 unspecified atom stereocenters. The van der Waals surface area contributed by atoms with Crippen molar-refractivity contribution < 1.29 is 9.13 Å². The molecular formula is C11H12FN3O. The number of benzene rings is 1. The maximum Gasteiger partial charge on any atom is 0.184 e. The van der Waals surface area contributed by atoms with Crippen LogP contribution in [0.2, 0.25) is 0 Å². The highest BCUT2D eigenvalue weighted by atomic mass is 19.1. The second kappa shape index (κ2) is 4.22.